The van der Waals surface area contributed by atoms with Gasteiger partial charge in [0.15, 0.2) is 0 Å². The second-order valence-corrected chi connectivity index (χ2v) is 7.32. The van der Waals surface area contributed by atoms with Crippen LogP contribution in [0.1, 0.15) is 26.3 Å². The maximum Gasteiger partial charge on any atom is 0.261 e. The molecule has 5 rings (SSSR count). The van der Waals surface area contributed by atoms with Crippen LogP contribution in [-0.4, -0.2) is 34.5 Å². The molecule has 0 bridgehead atoms. The Morgan fingerprint density at radius 2 is 1.60 bits per heavy atom. The molecule has 0 spiro atoms. The van der Waals surface area contributed by atoms with Crippen molar-refractivity contribution in [2.75, 3.05) is 5.32 Å². The molecule has 0 fully saturated rings. The van der Waals surface area contributed by atoms with Crippen molar-refractivity contribution in [1.29, 1.82) is 0 Å². The minimum Gasteiger partial charge on any atom is -0.324 e. The van der Waals surface area contributed by atoms with Gasteiger partial charge in [-0.2, -0.15) is 0 Å². The van der Waals surface area contributed by atoms with Gasteiger partial charge in [-0.25, -0.2) is 9.97 Å². The highest BCUT2D eigenvalue weighted by Crippen LogP contribution is 2.25. The first kappa shape index (κ1) is 18.1. The third-order valence-corrected chi connectivity index (χ3v) is 5.16. The predicted octanol–water partition coefficient (Wildman–Crippen LogP) is 2.43. The Morgan fingerprint density at radius 1 is 0.900 bits per heavy atom. The molecule has 0 radical (unpaired) electrons. The maximum atomic E-state index is 12.5. The van der Waals surface area contributed by atoms with Gasteiger partial charge in [0.05, 0.1) is 23.2 Å². The van der Waals surface area contributed by atoms with E-state index >= 15 is 0 Å². The molecular weight excluding hydrogens is 375 g/mol. The second kappa shape index (κ2) is 7.11. The quantitative estimate of drug-likeness (QED) is 0.427. The standard InChI is InChI=1S/C23H17BN4O2/c24-16-7-10-20-15(11-16)12-25-23(27-20)26-17-8-5-14(6-9-17)13-28-21(29)18-3-1-2-4-19(18)22(28)30/h1-12H,13,24H2,(H,25,26,27). The molecule has 6 nitrogen and oxygen atoms in total. The molecule has 0 aliphatic carbocycles. The molecule has 0 atom stereocenters. The van der Waals surface area contributed by atoms with Gasteiger partial charge in [-0.05, 0) is 35.9 Å². The fourth-order valence-corrected chi connectivity index (χ4v) is 3.60. The van der Waals surface area contributed by atoms with Crippen molar-refractivity contribution in [1.82, 2.24) is 14.9 Å². The van der Waals surface area contributed by atoms with Crippen molar-refractivity contribution in [3.63, 3.8) is 0 Å². The summed E-state index contributed by atoms with van der Waals surface area (Å²) in [4.78, 5) is 35.2. The Morgan fingerprint density at radius 3 is 2.30 bits per heavy atom. The Labute approximate surface area is 174 Å². The molecule has 1 aromatic heterocycles. The van der Waals surface area contributed by atoms with Gasteiger partial charge in [0.25, 0.3) is 11.8 Å². The zero-order valence-corrected chi connectivity index (χ0v) is 16.3. The Kier molecular flexibility index (Phi) is 4.28. The number of rotatable bonds is 4. The lowest BCUT2D eigenvalue weighted by Crippen LogP contribution is -2.29. The molecule has 4 aromatic rings. The number of carbonyl (C=O) groups is 2. The molecule has 1 aliphatic heterocycles. The van der Waals surface area contributed by atoms with Crippen LogP contribution in [0.5, 0.6) is 0 Å². The molecule has 0 unspecified atom stereocenters. The molecule has 1 N–H and O–H groups in total. The molecule has 2 amide bonds. The van der Waals surface area contributed by atoms with E-state index in [4.69, 9.17) is 0 Å². The fraction of sp³-hybridized carbons (Fsp3) is 0.0435. The molecule has 1 aliphatic rings. The number of aromatic nitrogens is 2. The molecule has 0 saturated carbocycles. The monoisotopic (exact) mass is 392 g/mol. The summed E-state index contributed by atoms with van der Waals surface area (Å²) >= 11 is 0. The molecule has 7 heteroatoms. The van der Waals surface area contributed by atoms with Gasteiger partial charge in [0.1, 0.15) is 7.85 Å². The highest BCUT2D eigenvalue weighted by atomic mass is 16.2. The van der Waals surface area contributed by atoms with E-state index in [1.807, 2.05) is 50.3 Å². The van der Waals surface area contributed by atoms with Gasteiger partial charge in [-0.1, -0.05) is 41.9 Å². The third kappa shape index (κ3) is 3.20. The van der Waals surface area contributed by atoms with Crippen LogP contribution >= 0.6 is 0 Å². The van der Waals surface area contributed by atoms with Crippen LogP contribution in [0.25, 0.3) is 10.9 Å². The van der Waals surface area contributed by atoms with Crippen LogP contribution in [-0.2, 0) is 6.54 Å². The average Bonchev–Trinajstić information content (AvgIpc) is 3.00. The molecule has 30 heavy (non-hydrogen) atoms. The first-order chi connectivity index (χ1) is 14.6. The summed E-state index contributed by atoms with van der Waals surface area (Å²) < 4.78 is 0. The summed E-state index contributed by atoms with van der Waals surface area (Å²) in [6.45, 7) is 0.235. The number of hydrogen-bond acceptors (Lipinski definition) is 5. The van der Waals surface area contributed by atoms with Crippen LogP contribution in [0, 0.1) is 0 Å². The summed E-state index contributed by atoms with van der Waals surface area (Å²) in [5.74, 6) is 0.00894. The predicted molar refractivity (Wildman–Crippen MR) is 118 cm³/mol. The summed E-state index contributed by atoms with van der Waals surface area (Å²) in [7, 11) is 2.04. The third-order valence-electron chi connectivity index (χ3n) is 5.16. The van der Waals surface area contributed by atoms with E-state index in [0.717, 1.165) is 22.2 Å². The summed E-state index contributed by atoms with van der Waals surface area (Å²) in [5, 5.41) is 4.19. The van der Waals surface area contributed by atoms with Crippen LogP contribution in [0.2, 0.25) is 0 Å². The van der Waals surface area contributed by atoms with Crippen molar-refractivity contribution in [3.8, 4) is 0 Å². The molecule has 0 saturated heterocycles. The van der Waals surface area contributed by atoms with Gasteiger partial charge >= 0.3 is 0 Å². The van der Waals surface area contributed by atoms with E-state index in [-0.39, 0.29) is 18.4 Å². The maximum absolute atomic E-state index is 12.5. The number of fused-ring (bicyclic) bond motifs is 2. The Bertz CT molecular complexity index is 1270. The number of benzene rings is 3. The first-order valence-electron chi connectivity index (χ1n) is 9.63. The number of carbonyl (C=O) groups excluding carboxylic acids is 2. The van der Waals surface area contributed by atoms with Crippen LogP contribution in [0.4, 0.5) is 11.6 Å². The van der Waals surface area contributed by atoms with Crippen LogP contribution in [0.3, 0.4) is 0 Å². The number of hydrogen-bond donors (Lipinski definition) is 1. The van der Waals surface area contributed by atoms with Gasteiger partial charge in [-0.3, -0.25) is 14.5 Å². The Balaban J connectivity index is 1.31. The van der Waals surface area contributed by atoms with E-state index in [1.54, 1.807) is 30.5 Å². The van der Waals surface area contributed by atoms with E-state index in [1.165, 1.54) is 10.4 Å². The van der Waals surface area contributed by atoms with Gasteiger partial charge in [-0.15, -0.1) is 0 Å². The van der Waals surface area contributed by atoms with E-state index in [2.05, 4.69) is 15.3 Å². The lowest BCUT2D eigenvalue weighted by molar-refractivity contribution is 0.0642. The van der Waals surface area contributed by atoms with Gasteiger partial charge in [0.2, 0.25) is 5.95 Å². The summed E-state index contributed by atoms with van der Waals surface area (Å²) in [6.07, 6.45) is 1.80. The molecule has 2 heterocycles. The lowest BCUT2D eigenvalue weighted by Gasteiger charge is -2.14. The van der Waals surface area contributed by atoms with E-state index < -0.39 is 0 Å². The Hall–Kier alpha value is -4.00. The highest BCUT2D eigenvalue weighted by Gasteiger charge is 2.34. The smallest absolute Gasteiger partial charge is 0.261 e. The highest BCUT2D eigenvalue weighted by molar-refractivity contribution is 6.33. The zero-order valence-electron chi connectivity index (χ0n) is 16.3. The molecule has 3 aromatic carbocycles. The zero-order chi connectivity index (χ0) is 20.7. The van der Waals surface area contributed by atoms with Crippen molar-refractivity contribution in [2.24, 2.45) is 0 Å². The normalized spacial score (nSPS) is 13.0. The minimum atomic E-state index is -0.252. The number of amides is 2. The SMILES string of the molecule is Bc1ccc2nc(Nc3ccc(CN4C(=O)c5ccccc5C4=O)cc3)ncc2c1. The summed E-state index contributed by atoms with van der Waals surface area (Å²) in [6, 6.07) is 20.5. The van der Waals surface area contributed by atoms with Crippen LogP contribution in [0.15, 0.2) is 72.9 Å². The van der Waals surface area contributed by atoms with Gasteiger partial charge in [0, 0.05) is 17.3 Å². The van der Waals surface area contributed by atoms with Crippen molar-refractivity contribution < 1.29 is 9.59 Å². The number of anilines is 2. The second-order valence-electron chi connectivity index (χ2n) is 7.32. The number of nitrogens with one attached hydrogen (secondary N) is 1. The number of nitrogens with zero attached hydrogens (tertiary/aromatic N) is 3. The van der Waals surface area contributed by atoms with Crippen molar-refractivity contribution in [3.05, 3.63) is 89.6 Å². The number of imide groups is 1. The lowest BCUT2D eigenvalue weighted by atomic mass is 9.95. The van der Waals surface area contributed by atoms with E-state index in [0.29, 0.717) is 17.1 Å². The minimum absolute atomic E-state index is 0.235. The van der Waals surface area contributed by atoms with E-state index in [9.17, 15) is 9.59 Å². The van der Waals surface area contributed by atoms with Crippen molar-refractivity contribution >= 4 is 47.7 Å². The fourth-order valence-electron chi connectivity index (χ4n) is 3.60. The van der Waals surface area contributed by atoms with Gasteiger partial charge < -0.3 is 5.32 Å². The average molecular weight is 392 g/mol. The van der Waals surface area contributed by atoms with Crippen LogP contribution < -0.4 is 10.8 Å². The van der Waals surface area contributed by atoms with Crippen molar-refractivity contribution in [2.45, 2.75) is 6.54 Å². The topological polar surface area (TPSA) is 75.2 Å². The first-order valence-corrected chi connectivity index (χ1v) is 9.63. The molecular formula is C23H17BN4O2. The summed E-state index contributed by atoms with van der Waals surface area (Å²) in [5.41, 5.74) is 4.66. The largest absolute Gasteiger partial charge is 0.324 e. The molecule has 144 valence electrons.